The summed E-state index contributed by atoms with van der Waals surface area (Å²) < 4.78 is 3.93. The van der Waals surface area contributed by atoms with Gasteiger partial charge in [-0.05, 0) is 20.8 Å². The average Bonchev–Trinajstić information content (AvgIpc) is 3.02. The Bertz CT molecular complexity index is 770. The molecule has 1 atom stereocenters. The van der Waals surface area contributed by atoms with Crippen LogP contribution in [-0.2, 0) is 13.6 Å². The van der Waals surface area contributed by atoms with Crippen molar-refractivity contribution in [3.63, 3.8) is 0 Å². The van der Waals surface area contributed by atoms with Crippen molar-refractivity contribution in [3.8, 4) is 0 Å². The van der Waals surface area contributed by atoms with Crippen LogP contribution in [0.25, 0.3) is 5.65 Å². The van der Waals surface area contributed by atoms with Crippen LogP contribution < -0.4 is 5.32 Å². The number of rotatable bonds is 4. The van der Waals surface area contributed by atoms with E-state index in [9.17, 15) is 0 Å². The number of nitrogens with one attached hydrogen (secondary N) is 1. The molecule has 3 aromatic heterocycles. The Morgan fingerprint density at radius 1 is 1.29 bits per heavy atom. The van der Waals surface area contributed by atoms with Crippen molar-refractivity contribution in [3.05, 3.63) is 47.4 Å². The molecular weight excluding hydrogens is 264 g/mol. The van der Waals surface area contributed by atoms with E-state index in [2.05, 4.69) is 34.2 Å². The van der Waals surface area contributed by atoms with Gasteiger partial charge in [-0.1, -0.05) is 0 Å². The molecule has 0 amide bonds. The number of nitrogens with zero attached hydrogens (tertiary/aromatic N) is 5. The highest BCUT2D eigenvalue weighted by Crippen LogP contribution is 2.18. The molecule has 110 valence electrons. The normalized spacial score (nSPS) is 13.0. The summed E-state index contributed by atoms with van der Waals surface area (Å²) in [5.74, 6) is 1.02. The zero-order valence-electron chi connectivity index (χ0n) is 12.8. The smallest absolute Gasteiger partial charge is 0.155 e. The Hall–Kier alpha value is -2.21. The van der Waals surface area contributed by atoms with Crippen LogP contribution in [-0.4, -0.2) is 24.1 Å². The van der Waals surface area contributed by atoms with E-state index in [0.717, 1.165) is 35.0 Å². The molecule has 0 bridgehead atoms. The van der Waals surface area contributed by atoms with Gasteiger partial charge in [0, 0.05) is 49.0 Å². The fraction of sp³-hybridized carbons (Fsp3) is 0.400. The second kappa shape index (κ2) is 5.29. The number of aromatic nitrogens is 5. The Morgan fingerprint density at radius 2 is 2.10 bits per heavy atom. The molecule has 1 unspecified atom stereocenters. The summed E-state index contributed by atoms with van der Waals surface area (Å²) in [4.78, 5) is 8.81. The number of imidazole rings is 1. The summed E-state index contributed by atoms with van der Waals surface area (Å²) in [6.07, 6.45) is 5.70. The van der Waals surface area contributed by atoms with Gasteiger partial charge < -0.3 is 9.88 Å². The predicted molar refractivity (Wildman–Crippen MR) is 80.9 cm³/mol. The monoisotopic (exact) mass is 284 g/mol. The molecule has 3 heterocycles. The molecule has 0 radical (unpaired) electrons. The van der Waals surface area contributed by atoms with Crippen LogP contribution >= 0.6 is 0 Å². The summed E-state index contributed by atoms with van der Waals surface area (Å²) in [5, 5.41) is 7.98. The lowest BCUT2D eigenvalue weighted by Gasteiger charge is -2.16. The maximum atomic E-state index is 4.49. The van der Waals surface area contributed by atoms with Gasteiger partial charge in [0.25, 0.3) is 0 Å². The lowest BCUT2D eigenvalue weighted by molar-refractivity contribution is 0.542. The maximum absolute atomic E-state index is 4.49. The number of hydrogen-bond donors (Lipinski definition) is 1. The summed E-state index contributed by atoms with van der Waals surface area (Å²) >= 11 is 0. The zero-order chi connectivity index (χ0) is 15.0. The molecule has 3 aromatic rings. The molecule has 0 aliphatic rings. The SMILES string of the molecule is Cc1cc2ncc(C(C)NCc3nccn3C)c(C)n2n1. The van der Waals surface area contributed by atoms with E-state index in [1.807, 2.05) is 47.7 Å². The van der Waals surface area contributed by atoms with Crippen LogP contribution in [0.4, 0.5) is 0 Å². The summed E-state index contributed by atoms with van der Waals surface area (Å²) in [6, 6.07) is 2.17. The van der Waals surface area contributed by atoms with E-state index in [1.165, 1.54) is 0 Å². The van der Waals surface area contributed by atoms with Gasteiger partial charge in [-0.2, -0.15) is 5.10 Å². The van der Waals surface area contributed by atoms with Gasteiger partial charge in [-0.25, -0.2) is 14.5 Å². The third kappa shape index (κ3) is 2.54. The molecule has 0 aliphatic heterocycles. The molecule has 0 saturated heterocycles. The lowest BCUT2D eigenvalue weighted by Crippen LogP contribution is -2.22. The number of fused-ring (bicyclic) bond motifs is 1. The fourth-order valence-electron chi connectivity index (χ4n) is 2.52. The third-order valence-corrected chi connectivity index (χ3v) is 3.84. The van der Waals surface area contributed by atoms with Crippen LogP contribution in [0.15, 0.2) is 24.7 Å². The van der Waals surface area contributed by atoms with Crippen LogP contribution in [0.3, 0.4) is 0 Å². The van der Waals surface area contributed by atoms with Crippen molar-refractivity contribution in [1.29, 1.82) is 0 Å². The number of aryl methyl sites for hydroxylation is 3. The first kappa shape index (κ1) is 13.8. The second-order valence-corrected chi connectivity index (χ2v) is 5.41. The van der Waals surface area contributed by atoms with Crippen LogP contribution in [0, 0.1) is 13.8 Å². The van der Waals surface area contributed by atoms with E-state index >= 15 is 0 Å². The Kier molecular flexibility index (Phi) is 3.47. The minimum atomic E-state index is 0.183. The van der Waals surface area contributed by atoms with Crippen LogP contribution in [0.5, 0.6) is 0 Å². The highest BCUT2D eigenvalue weighted by atomic mass is 15.3. The van der Waals surface area contributed by atoms with Gasteiger partial charge >= 0.3 is 0 Å². The minimum Gasteiger partial charge on any atom is -0.337 e. The summed E-state index contributed by atoms with van der Waals surface area (Å²) in [5.41, 5.74) is 4.15. The van der Waals surface area contributed by atoms with Crippen molar-refractivity contribution in [2.24, 2.45) is 7.05 Å². The van der Waals surface area contributed by atoms with Gasteiger partial charge in [0.05, 0.1) is 12.2 Å². The Labute approximate surface area is 123 Å². The molecule has 6 nitrogen and oxygen atoms in total. The second-order valence-electron chi connectivity index (χ2n) is 5.41. The summed E-state index contributed by atoms with van der Waals surface area (Å²) in [7, 11) is 2.00. The van der Waals surface area contributed by atoms with Crippen molar-refractivity contribution in [1.82, 2.24) is 29.5 Å². The molecule has 0 fully saturated rings. The topological polar surface area (TPSA) is 60.0 Å². The molecule has 1 N–H and O–H groups in total. The predicted octanol–water partition coefficient (Wildman–Crippen LogP) is 1.93. The highest BCUT2D eigenvalue weighted by molar-refractivity contribution is 5.42. The van der Waals surface area contributed by atoms with Gasteiger partial charge in [0.15, 0.2) is 5.65 Å². The van der Waals surface area contributed by atoms with Gasteiger partial charge in [-0.3, -0.25) is 0 Å². The van der Waals surface area contributed by atoms with E-state index in [1.54, 1.807) is 0 Å². The van der Waals surface area contributed by atoms with Gasteiger partial charge in [0.2, 0.25) is 0 Å². The molecule has 21 heavy (non-hydrogen) atoms. The van der Waals surface area contributed by atoms with Crippen molar-refractivity contribution in [2.75, 3.05) is 0 Å². The molecule has 3 rings (SSSR count). The molecule has 0 saturated carbocycles. The van der Waals surface area contributed by atoms with Crippen LogP contribution in [0.2, 0.25) is 0 Å². The maximum Gasteiger partial charge on any atom is 0.155 e. The van der Waals surface area contributed by atoms with Gasteiger partial charge in [-0.15, -0.1) is 0 Å². The highest BCUT2D eigenvalue weighted by Gasteiger charge is 2.13. The van der Waals surface area contributed by atoms with Crippen molar-refractivity contribution in [2.45, 2.75) is 33.4 Å². The molecular formula is C15H20N6. The van der Waals surface area contributed by atoms with Crippen molar-refractivity contribution < 1.29 is 0 Å². The lowest BCUT2D eigenvalue weighted by atomic mass is 10.1. The first-order valence-electron chi connectivity index (χ1n) is 7.07. The van der Waals surface area contributed by atoms with E-state index < -0.39 is 0 Å². The Balaban J connectivity index is 1.82. The fourth-order valence-corrected chi connectivity index (χ4v) is 2.52. The minimum absolute atomic E-state index is 0.183. The first-order valence-corrected chi connectivity index (χ1v) is 7.07. The van der Waals surface area contributed by atoms with E-state index in [4.69, 9.17) is 0 Å². The van der Waals surface area contributed by atoms with Crippen molar-refractivity contribution >= 4 is 5.65 Å². The number of hydrogen-bond acceptors (Lipinski definition) is 4. The average molecular weight is 284 g/mol. The zero-order valence-corrected chi connectivity index (χ0v) is 12.8. The largest absolute Gasteiger partial charge is 0.337 e. The first-order chi connectivity index (χ1) is 10.1. The van der Waals surface area contributed by atoms with E-state index in [0.29, 0.717) is 0 Å². The Morgan fingerprint density at radius 3 is 2.81 bits per heavy atom. The molecule has 0 aromatic carbocycles. The third-order valence-electron chi connectivity index (χ3n) is 3.84. The van der Waals surface area contributed by atoms with Crippen LogP contribution in [0.1, 0.15) is 35.7 Å². The molecule has 6 heteroatoms. The standard InChI is InChI=1S/C15H20N6/c1-10-7-14-18-8-13(12(3)21(14)19-10)11(2)17-9-15-16-5-6-20(15)4/h5-8,11,17H,9H2,1-4H3. The van der Waals surface area contributed by atoms with Gasteiger partial charge in [0.1, 0.15) is 5.82 Å². The molecule has 0 aliphatic carbocycles. The van der Waals surface area contributed by atoms with E-state index in [-0.39, 0.29) is 6.04 Å². The quantitative estimate of drug-likeness (QED) is 0.795. The summed E-state index contributed by atoms with van der Waals surface area (Å²) in [6.45, 7) is 6.92. The molecule has 0 spiro atoms.